The summed E-state index contributed by atoms with van der Waals surface area (Å²) in [5, 5.41) is 2.75. The van der Waals surface area contributed by atoms with Crippen molar-refractivity contribution < 1.29 is 14.0 Å². The zero-order valence-corrected chi connectivity index (χ0v) is 15.8. The molecule has 0 aliphatic rings. The van der Waals surface area contributed by atoms with E-state index in [0.717, 1.165) is 11.1 Å². The van der Waals surface area contributed by atoms with Crippen LogP contribution in [0.4, 0.5) is 4.39 Å². The van der Waals surface area contributed by atoms with Gasteiger partial charge in [-0.1, -0.05) is 41.9 Å². The minimum absolute atomic E-state index is 0.137. The van der Waals surface area contributed by atoms with E-state index in [0.29, 0.717) is 0 Å². The first kappa shape index (κ1) is 19.9. The van der Waals surface area contributed by atoms with Gasteiger partial charge >= 0.3 is 0 Å². The van der Waals surface area contributed by atoms with Gasteiger partial charge in [0.2, 0.25) is 11.8 Å². The standard InChI is InChI=1S/C20H22ClFN2O2/c1-13-7-4-5-8-15(13)12-24(14(2)20(26)23-3)19(25)11-16-17(21)9-6-10-18(16)22/h4-10,14H,11-12H2,1-3H3,(H,23,26). The van der Waals surface area contributed by atoms with Gasteiger partial charge < -0.3 is 10.2 Å². The second-order valence-corrected chi connectivity index (χ2v) is 6.52. The van der Waals surface area contributed by atoms with Gasteiger partial charge in [-0.25, -0.2) is 4.39 Å². The lowest BCUT2D eigenvalue weighted by Gasteiger charge is -2.29. The molecule has 2 aromatic rings. The maximum Gasteiger partial charge on any atom is 0.242 e. The summed E-state index contributed by atoms with van der Waals surface area (Å²) in [7, 11) is 1.52. The molecule has 1 N–H and O–H groups in total. The van der Waals surface area contributed by atoms with Crippen molar-refractivity contribution in [2.24, 2.45) is 0 Å². The molecule has 0 heterocycles. The summed E-state index contributed by atoms with van der Waals surface area (Å²) in [6.45, 7) is 3.85. The van der Waals surface area contributed by atoms with Gasteiger partial charge in [-0.15, -0.1) is 0 Å². The van der Waals surface area contributed by atoms with Crippen LogP contribution in [0.15, 0.2) is 42.5 Å². The van der Waals surface area contributed by atoms with Crippen molar-refractivity contribution in [1.29, 1.82) is 0 Å². The Labute approximate surface area is 158 Å². The molecule has 0 saturated heterocycles. The van der Waals surface area contributed by atoms with Crippen LogP contribution < -0.4 is 5.32 Å². The number of hydrogen-bond donors (Lipinski definition) is 1. The minimum Gasteiger partial charge on any atom is -0.357 e. The van der Waals surface area contributed by atoms with Crippen molar-refractivity contribution >= 4 is 23.4 Å². The minimum atomic E-state index is -0.697. The number of hydrogen-bond acceptors (Lipinski definition) is 2. The zero-order valence-electron chi connectivity index (χ0n) is 15.1. The molecule has 1 unspecified atom stereocenters. The molecule has 0 aliphatic carbocycles. The highest BCUT2D eigenvalue weighted by atomic mass is 35.5. The maximum absolute atomic E-state index is 14.1. The number of rotatable bonds is 6. The Balaban J connectivity index is 2.32. The second kappa shape index (κ2) is 8.81. The third kappa shape index (κ3) is 4.61. The molecule has 0 spiro atoms. The van der Waals surface area contributed by atoms with Gasteiger partial charge in [-0.05, 0) is 37.1 Å². The molecule has 4 nitrogen and oxygen atoms in total. The van der Waals surface area contributed by atoms with E-state index in [2.05, 4.69) is 5.32 Å². The average Bonchev–Trinajstić information content (AvgIpc) is 2.62. The van der Waals surface area contributed by atoms with Gasteiger partial charge in [0.05, 0.1) is 6.42 Å². The smallest absolute Gasteiger partial charge is 0.242 e. The molecule has 2 rings (SSSR count). The van der Waals surface area contributed by atoms with Crippen LogP contribution >= 0.6 is 11.6 Å². The predicted molar refractivity (Wildman–Crippen MR) is 100 cm³/mol. The molecule has 6 heteroatoms. The van der Waals surface area contributed by atoms with E-state index >= 15 is 0 Å². The third-order valence-corrected chi connectivity index (χ3v) is 4.76. The van der Waals surface area contributed by atoms with Crippen LogP contribution in [-0.4, -0.2) is 29.8 Å². The Morgan fingerprint density at radius 1 is 1.19 bits per heavy atom. The van der Waals surface area contributed by atoms with Crippen LogP contribution in [0.2, 0.25) is 5.02 Å². The number of carbonyl (C=O) groups is 2. The number of halogens is 2. The van der Waals surface area contributed by atoms with Crippen LogP contribution in [0, 0.1) is 12.7 Å². The lowest BCUT2D eigenvalue weighted by molar-refractivity contribution is -0.139. The van der Waals surface area contributed by atoms with Crippen molar-refractivity contribution in [2.45, 2.75) is 32.9 Å². The summed E-state index contributed by atoms with van der Waals surface area (Å²) in [4.78, 5) is 26.5. The van der Waals surface area contributed by atoms with Crippen molar-refractivity contribution in [1.82, 2.24) is 10.2 Å². The quantitative estimate of drug-likeness (QED) is 0.838. The van der Waals surface area contributed by atoms with E-state index in [4.69, 9.17) is 11.6 Å². The average molecular weight is 377 g/mol. The molecule has 0 fully saturated rings. The van der Waals surface area contributed by atoms with Gasteiger partial charge in [0, 0.05) is 24.2 Å². The van der Waals surface area contributed by atoms with Crippen LogP contribution in [0.5, 0.6) is 0 Å². The largest absolute Gasteiger partial charge is 0.357 e. The molecule has 138 valence electrons. The highest BCUT2D eigenvalue weighted by Crippen LogP contribution is 2.22. The molecule has 2 aromatic carbocycles. The first-order valence-corrected chi connectivity index (χ1v) is 8.71. The first-order chi connectivity index (χ1) is 12.3. The molecule has 1 atom stereocenters. The molecule has 2 amide bonds. The van der Waals surface area contributed by atoms with Crippen molar-refractivity contribution in [2.75, 3.05) is 7.05 Å². The molecular weight excluding hydrogens is 355 g/mol. The summed E-state index contributed by atoms with van der Waals surface area (Å²) < 4.78 is 14.1. The number of likely N-dealkylation sites (N-methyl/N-ethyl adjacent to an activating group) is 1. The summed E-state index contributed by atoms with van der Waals surface area (Å²) >= 11 is 6.04. The van der Waals surface area contributed by atoms with Gasteiger partial charge in [0.25, 0.3) is 0 Å². The number of nitrogens with one attached hydrogen (secondary N) is 1. The maximum atomic E-state index is 14.1. The molecular formula is C20H22ClFN2O2. The number of aryl methyl sites for hydroxylation is 1. The van der Waals surface area contributed by atoms with Crippen LogP contribution in [0.25, 0.3) is 0 Å². The Bertz CT molecular complexity index is 790. The van der Waals surface area contributed by atoms with Gasteiger partial charge in [-0.2, -0.15) is 0 Å². The van der Waals surface area contributed by atoms with E-state index in [1.165, 1.54) is 24.1 Å². The number of benzene rings is 2. The predicted octanol–water partition coefficient (Wildman–Crippen LogP) is 3.49. The third-order valence-electron chi connectivity index (χ3n) is 4.41. The fraction of sp³-hybridized carbons (Fsp3) is 0.300. The second-order valence-electron chi connectivity index (χ2n) is 6.12. The van der Waals surface area contributed by atoms with E-state index in [9.17, 15) is 14.0 Å². The Kier molecular flexibility index (Phi) is 6.75. The summed E-state index contributed by atoms with van der Waals surface area (Å²) in [5.41, 5.74) is 2.08. The van der Waals surface area contributed by atoms with Gasteiger partial charge in [-0.3, -0.25) is 9.59 Å². The van der Waals surface area contributed by atoms with Crippen LogP contribution in [0.3, 0.4) is 0 Å². The zero-order chi connectivity index (χ0) is 19.3. The fourth-order valence-corrected chi connectivity index (χ4v) is 2.95. The number of amides is 2. The first-order valence-electron chi connectivity index (χ1n) is 8.33. The number of carbonyl (C=O) groups excluding carboxylic acids is 2. The summed E-state index contributed by atoms with van der Waals surface area (Å²) in [6.07, 6.45) is -0.210. The summed E-state index contributed by atoms with van der Waals surface area (Å²) in [5.74, 6) is -1.18. The Morgan fingerprint density at radius 2 is 1.88 bits per heavy atom. The normalized spacial score (nSPS) is 11.7. The molecule has 0 saturated carbocycles. The Hall–Kier alpha value is -2.40. The van der Waals surface area contributed by atoms with Crippen LogP contribution in [-0.2, 0) is 22.6 Å². The van der Waals surface area contributed by atoms with Crippen molar-refractivity contribution in [3.63, 3.8) is 0 Å². The van der Waals surface area contributed by atoms with E-state index < -0.39 is 11.9 Å². The lowest BCUT2D eigenvalue weighted by Crippen LogP contribution is -2.47. The van der Waals surface area contributed by atoms with Gasteiger partial charge in [0.1, 0.15) is 11.9 Å². The van der Waals surface area contributed by atoms with E-state index in [-0.39, 0.29) is 35.4 Å². The van der Waals surface area contributed by atoms with Crippen molar-refractivity contribution in [3.05, 3.63) is 70.0 Å². The molecule has 0 aromatic heterocycles. The topological polar surface area (TPSA) is 49.4 Å². The lowest BCUT2D eigenvalue weighted by atomic mass is 10.1. The van der Waals surface area contributed by atoms with Gasteiger partial charge in [0.15, 0.2) is 0 Å². The highest BCUT2D eigenvalue weighted by Gasteiger charge is 2.27. The SMILES string of the molecule is CNC(=O)C(C)N(Cc1ccccc1C)C(=O)Cc1c(F)cccc1Cl. The summed E-state index contributed by atoms with van der Waals surface area (Å²) in [6, 6.07) is 11.2. The fourth-order valence-electron chi connectivity index (χ4n) is 2.72. The van der Waals surface area contributed by atoms with E-state index in [1.54, 1.807) is 13.0 Å². The molecule has 0 radical (unpaired) electrons. The monoisotopic (exact) mass is 376 g/mol. The molecule has 0 bridgehead atoms. The highest BCUT2D eigenvalue weighted by molar-refractivity contribution is 6.31. The number of nitrogens with zero attached hydrogens (tertiary/aromatic N) is 1. The van der Waals surface area contributed by atoms with E-state index in [1.807, 2.05) is 31.2 Å². The molecule has 26 heavy (non-hydrogen) atoms. The van der Waals surface area contributed by atoms with Crippen LogP contribution in [0.1, 0.15) is 23.6 Å². The Morgan fingerprint density at radius 3 is 2.50 bits per heavy atom. The van der Waals surface area contributed by atoms with Crippen molar-refractivity contribution in [3.8, 4) is 0 Å². The molecule has 0 aliphatic heterocycles.